The molecule has 19 heavy (non-hydrogen) atoms. The highest BCUT2D eigenvalue weighted by atomic mass is 127. The second-order valence-electron chi connectivity index (χ2n) is 5.05. The molecule has 0 atom stereocenters. The molecule has 0 aliphatic heterocycles. The maximum atomic E-state index is 5.95. The van der Waals surface area contributed by atoms with Crippen LogP contribution >= 0.6 is 35.3 Å². The first kappa shape index (κ1) is 16.8. The summed E-state index contributed by atoms with van der Waals surface area (Å²) in [6.07, 6.45) is 7.82. The monoisotopic (exact) mass is 393 g/mol. The van der Waals surface area contributed by atoms with E-state index >= 15 is 0 Å². The number of hydrogen-bond donors (Lipinski definition) is 2. The van der Waals surface area contributed by atoms with E-state index in [1.807, 2.05) is 0 Å². The molecule has 2 rings (SSSR count). The summed E-state index contributed by atoms with van der Waals surface area (Å²) in [6, 6.07) is 4.79. The molecule has 1 heterocycles. The predicted octanol–water partition coefficient (Wildman–Crippen LogP) is 3.80. The van der Waals surface area contributed by atoms with E-state index in [0.717, 1.165) is 0 Å². The maximum absolute atomic E-state index is 5.95. The van der Waals surface area contributed by atoms with Crippen molar-refractivity contribution in [3.05, 3.63) is 21.9 Å². The normalized spacial score (nSPS) is 17.6. The Labute approximate surface area is 137 Å². The molecule has 1 fully saturated rings. The van der Waals surface area contributed by atoms with Crippen LogP contribution in [0.5, 0.6) is 0 Å². The van der Waals surface area contributed by atoms with Crippen molar-refractivity contribution in [3.8, 4) is 0 Å². The molecule has 0 spiro atoms. The maximum Gasteiger partial charge on any atom is 0.189 e. The molecule has 1 aromatic heterocycles. The van der Waals surface area contributed by atoms with Crippen LogP contribution in [0.25, 0.3) is 0 Å². The Morgan fingerprint density at radius 3 is 2.58 bits per heavy atom. The van der Waals surface area contributed by atoms with Gasteiger partial charge in [-0.1, -0.05) is 25.7 Å². The number of halogens is 1. The minimum absolute atomic E-state index is 0. The molecule has 1 aliphatic carbocycles. The third-order valence-electron chi connectivity index (χ3n) is 3.41. The van der Waals surface area contributed by atoms with Gasteiger partial charge in [0.1, 0.15) is 0 Å². The minimum Gasteiger partial charge on any atom is -0.370 e. The Hall–Kier alpha value is -0.300. The van der Waals surface area contributed by atoms with Crippen molar-refractivity contribution in [2.24, 2.45) is 10.7 Å². The number of nitrogens with zero attached hydrogens (tertiary/aromatic N) is 1. The zero-order valence-corrected chi connectivity index (χ0v) is 14.7. The summed E-state index contributed by atoms with van der Waals surface area (Å²) >= 11 is 1.79. The van der Waals surface area contributed by atoms with Gasteiger partial charge in [0.15, 0.2) is 5.96 Å². The van der Waals surface area contributed by atoms with E-state index in [-0.39, 0.29) is 24.0 Å². The summed E-state index contributed by atoms with van der Waals surface area (Å²) in [4.78, 5) is 7.03. The van der Waals surface area contributed by atoms with Crippen LogP contribution in [0.4, 0.5) is 0 Å². The van der Waals surface area contributed by atoms with Crippen molar-refractivity contribution >= 4 is 41.3 Å². The van der Waals surface area contributed by atoms with Gasteiger partial charge in [0.25, 0.3) is 0 Å². The molecule has 1 saturated carbocycles. The summed E-state index contributed by atoms with van der Waals surface area (Å²) < 4.78 is 0. The highest BCUT2D eigenvalue weighted by molar-refractivity contribution is 14.0. The Morgan fingerprint density at radius 1 is 1.32 bits per heavy atom. The first-order chi connectivity index (χ1) is 8.74. The molecule has 108 valence electrons. The Morgan fingerprint density at radius 2 is 2.00 bits per heavy atom. The summed E-state index contributed by atoms with van der Waals surface area (Å²) in [6.45, 7) is 2.81. The van der Waals surface area contributed by atoms with Crippen LogP contribution in [0, 0.1) is 6.92 Å². The number of rotatable bonds is 3. The zero-order chi connectivity index (χ0) is 12.8. The fraction of sp³-hybridized carbons (Fsp3) is 0.643. The van der Waals surface area contributed by atoms with E-state index in [0.29, 0.717) is 18.5 Å². The van der Waals surface area contributed by atoms with Crippen LogP contribution in [0.1, 0.15) is 48.3 Å². The van der Waals surface area contributed by atoms with Crippen LogP contribution in [-0.4, -0.2) is 12.0 Å². The van der Waals surface area contributed by atoms with E-state index in [9.17, 15) is 0 Å². The number of aryl methyl sites for hydroxylation is 1. The molecular weight excluding hydrogens is 369 g/mol. The molecule has 0 unspecified atom stereocenters. The Kier molecular flexibility index (Phi) is 7.75. The molecule has 0 saturated heterocycles. The van der Waals surface area contributed by atoms with Crippen molar-refractivity contribution in [1.29, 1.82) is 0 Å². The van der Waals surface area contributed by atoms with Crippen LogP contribution in [0.2, 0.25) is 0 Å². The van der Waals surface area contributed by atoms with Gasteiger partial charge >= 0.3 is 0 Å². The molecule has 3 N–H and O–H groups in total. The lowest BCUT2D eigenvalue weighted by molar-refractivity contribution is 0.530. The molecule has 0 bridgehead atoms. The molecule has 5 heteroatoms. The summed E-state index contributed by atoms with van der Waals surface area (Å²) in [7, 11) is 0. The summed E-state index contributed by atoms with van der Waals surface area (Å²) in [5.41, 5.74) is 5.95. The standard InChI is InChI=1S/C14H23N3S.HI/c1-11-8-9-13(18-11)10-16-14(15)17-12-6-4-2-3-5-7-12;/h8-9,12H,2-7,10H2,1H3,(H3,15,16,17);1H. The number of thiophene rings is 1. The Bertz CT molecular complexity index is 395. The molecule has 1 aromatic rings. The van der Waals surface area contributed by atoms with Gasteiger partial charge in [-0.3, -0.25) is 0 Å². The highest BCUT2D eigenvalue weighted by Crippen LogP contribution is 2.17. The molecule has 0 radical (unpaired) electrons. The summed E-state index contributed by atoms with van der Waals surface area (Å²) in [5, 5.41) is 3.37. The first-order valence-corrected chi connectivity index (χ1v) is 7.67. The Balaban J connectivity index is 0.00000180. The molecule has 0 amide bonds. The topological polar surface area (TPSA) is 50.4 Å². The second-order valence-corrected chi connectivity index (χ2v) is 6.42. The fourth-order valence-corrected chi connectivity index (χ4v) is 3.23. The van der Waals surface area contributed by atoms with Gasteiger partial charge in [0, 0.05) is 15.8 Å². The lowest BCUT2D eigenvalue weighted by Gasteiger charge is -2.16. The average molecular weight is 393 g/mol. The molecular formula is C14H24IN3S. The lowest BCUT2D eigenvalue weighted by atomic mass is 10.1. The van der Waals surface area contributed by atoms with E-state index in [2.05, 4.69) is 29.4 Å². The first-order valence-electron chi connectivity index (χ1n) is 6.86. The number of nitrogens with two attached hydrogens (primary N) is 1. The van der Waals surface area contributed by atoms with Crippen molar-refractivity contribution in [3.63, 3.8) is 0 Å². The van der Waals surface area contributed by atoms with Crippen LogP contribution in [-0.2, 0) is 6.54 Å². The summed E-state index contributed by atoms with van der Waals surface area (Å²) in [5.74, 6) is 0.605. The van der Waals surface area contributed by atoms with Gasteiger partial charge in [0.05, 0.1) is 6.54 Å². The largest absolute Gasteiger partial charge is 0.370 e. The average Bonchev–Trinajstić information content (AvgIpc) is 2.60. The van der Waals surface area contributed by atoms with Gasteiger partial charge in [0.2, 0.25) is 0 Å². The van der Waals surface area contributed by atoms with Gasteiger partial charge in [-0.05, 0) is 31.9 Å². The van der Waals surface area contributed by atoms with Crippen LogP contribution < -0.4 is 11.1 Å². The number of guanidine groups is 1. The van der Waals surface area contributed by atoms with Crippen molar-refractivity contribution in [1.82, 2.24) is 5.32 Å². The van der Waals surface area contributed by atoms with E-state index in [1.54, 1.807) is 11.3 Å². The predicted molar refractivity (Wildman–Crippen MR) is 94.4 cm³/mol. The smallest absolute Gasteiger partial charge is 0.189 e. The molecule has 0 aromatic carbocycles. The third-order valence-corrected chi connectivity index (χ3v) is 4.39. The van der Waals surface area contributed by atoms with Crippen LogP contribution in [0.3, 0.4) is 0 Å². The van der Waals surface area contributed by atoms with Crippen molar-refractivity contribution in [2.75, 3.05) is 0 Å². The number of aliphatic imine (C=N–C) groups is 1. The van der Waals surface area contributed by atoms with Crippen molar-refractivity contribution in [2.45, 2.75) is 58.0 Å². The molecule has 1 aliphatic rings. The highest BCUT2D eigenvalue weighted by Gasteiger charge is 2.12. The lowest BCUT2D eigenvalue weighted by Crippen LogP contribution is -2.39. The van der Waals surface area contributed by atoms with Crippen LogP contribution in [0.15, 0.2) is 17.1 Å². The third kappa shape index (κ3) is 6.12. The zero-order valence-electron chi connectivity index (χ0n) is 11.5. The molecule has 3 nitrogen and oxygen atoms in total. The number of nitrogens with one attached hydrogen (secondary N) is 1. The van der Waals surface area contributed by atoms with Gasteiger partial charge in [-0.15, -0.1) is 35.3 Å². The van der Waals surface area contributed by atoms with E-state index in [4.69, 9.17) is 5.73 Å². The SMILES string of the molecule is Cc1ccc(CN=C(N)NC2CCCCCC2)s1.I. The van der Waals surface area contributed by atoms with Crippen molar-refractivity contribution < 1.29 is 0 Å². The van der Waals surface area contributed by atoms with Gasteiger partial charge in [-0.25, -0.2) is 4.99 Å². The van der Waals surface area contributed by atoms with E-state index in [1.165, 1.54) is 48.3 Å². The second kappa shape index (κ2) is 8.79. The quantitative estimate of drug-likeness (QED) is 0.355. The van der Waals surface area contributed by atoms with Gasteiger partial charge in [-0.2, -0.15) is 0 Å². The van der Waals surface area contributed by atoms with E-state index < -0.39 is 0 Å². The number of hydrogen-bond acceptors (Lipinski definition) is 2. The van der Waals surface area contributed by atoms with Gasteiger partial charge < -0.3 is 11.1 Å². The fourth-order valence-electron chi connectivity index (χ4n) is 2.41. The minimum atomic E-state index is 0.